The Balaban J connectivity index is 1.75. The van der Waals surface area contributed by atoms with E-state index in [4.69, 9.17) is 4.74 Å². The third-order valence-electron chi connectivity index (χ3n) is 4.55. The third-order valence-corrected chi connectivity index (χ3v) is 4.55. The van der Waals surface area contributed by atoms with Gasteiger partial charge in [-0.1, -0.05) is 0 Å². The number of halogens is 6. The van der Waals surface area contributed by atoms with Crippen LogP contribution in [0, 0.1) is 0 Å². The van der Waals surface area contributed by atoms with Crippen molar-refractivity contribution >= 4 is 5.96 Å². The van der Waals surface area contributed by atoms with Gasteiger partial charge < -0.3 is 15.0 Å². The average Bonchev–Trinajstić information content (AvgIpc) is 2.67. The first kappa shape index (κ1) is 23.0. The molecule has 1 unspecified atom stereocenters. The lowest BCUT2D eigenvalue weighted by molar-refractivity contribution is -0.181. The van der Waals surface area contributed by atoms with Crippen molar-refractivity contribution in [2.24, 2.45) is 4.99 Å². The van der Waals surface area contributed by atoms with Crippen LogP contribution in [0.25, 0.3) is 0 Å². The maximum absolute atomic E-state index is 12.8. The summed E-state index contributed by atoms with van der Waals surface area (Å²) in [5.41, 5.74) is -0.859. The first-order chi connectivity index (χ1) is 13.5. The average molecular weight is 427 g/mol. The van der Waals surface area contributed by atoms with Crippen molar-refractivity contribution in [3.63, 3.8) is 0 Å². The van der Waals surface area contributed by atoms with Crippen LogP contribution in [0.15, 0.2) is 23.3 Å². The topological polar surface area (TPSA) is 53.0 Å². The lowest BCUT2D eigenvalue weighted by Crippen LogP contribution is -2.57. The van der Waals surface area contributed by atoms with E-state index in [2.05, 4.69) is 15.3 Å². The Labute approximate surface area is 164 Å². The van der Waals surface area contributed by atoms with E-state index in [-0.39, 0.29) is 25.6 Å². The molecule has 0 bridgehead atoms. The minimum atomic E-state index is -4.46. The van der Waals surface area contributed by atoms with Gasteiger partial charge >= 0.3 is 12.4 Å². The number of pyridine rings is 1. The summed E-state index contributed by atoms with van der Waals surface area (Å²) in [5.74, 6) is 0.581. The van der Waals surface area contributed by atoms with Crippen LogP contribution in [0.1, 0.15) is 12.5 Å². The Morgan fingerprint density at radius 2 is 1.83 bits per heavy atom. The molecule has 0 amide bonds. The lowest BCUT2D eigenvalue weighted by Gasteiger charge is -2.39. The second kappa shape index (κ2) is 9.51. The maximum Gasteiger partial charge on any atom is 0.417 e. The number of guanidine groups is 1. The van der Waals surface area contributed by atoms with Gasteiger partial charge in [-0.3, -0.25) is 9.89 Å². The van der Waals surface area contributed by atoms with Gasteiger partial charge in [0.1, 0.15) is 12.6 Å². The zero-order valence-electron chi connectivity index (χ0n) is 16.0. The number of nitrogens with zero attached hydrogens (tertiary/aromatic N) is 4. The van der Waals surface area contributed by atoms with E-state index in [9.17, 15) is 26.3 Å². The summed E-state index contributed by atoms with van der Waals surface area (Å²) in [6.45, 7) is 2.87. The fourth-order valence-electron chi connectivity index (χ4n) is 2.81. The Hall–Kier alpha value is -2.24. The van der Waals surface area contributed by atoms with Crippen LogP contribution < -0.4 is 10.1 Å². The monoisotopic (exact) mass is 427 g/mol. The van der Waals surface area contributed by atoms with E-state index in [1.54, 1.807) is 7.05 Å². The number of alkyl halides is 6. The molecule has 1 aromatic rings. The van der Waals surface area contributed by atoms with Gasteiger partial charge in [0.2, 0.25) is 5.88 Å². The molecule has 1 aliphatic heterocycles. The first-order valence-corrected chi connectivity index (χ1v) is 8.94. The third kappa shape index (κ3) is 6.65. The highest BCUT2D eigenvalue weighted by atomic mass is 19.4. The summed E-state index contributed by atoms with van der Waals surface area (Å²) in [6, 6.07) is 0.527. The molecule has 164 valence electrons. The number of aromatic nitrogens is 1. The molecule has 0 saturated carbocycles. The van der Waals surface area contributed by atoms with Crippen LogP contribution in [-0.2, 0) is 6.18 Å². The second-order valence-electron chi connectivity index (χ2n) is 6.45. The van der Waals surface area contributed by atoms with Crippen molar-refractivity contribution in [2.75, 3.05) is 46.4 Å². The summed E-state index contributed by atoms with van der Waals surface area (Å²) in [5, 5.41) is 3.02. The summed E-state index contributed by atoms with van der Waals surface area (Å²) >= 11 is 0. The second-order valence-corrected chi connectivity index (χ2v) is 6.45. The fraction of sp³-hybridized carbons (Fsp3) is 0.647. The zero-order chi connectivity index (χ0) is 21.7. The van der Waals surface area contributed by atoms with Crippen molar-refractivity contribution in [1.29, 1.82) is 0 Å². The maximum atomic E-state index is 12.8. The van der Waals surface area contributed by atoms with E-state index in [1.807, 2.05) is 4.90 Å². The molecule has 1 fully saturated rings. The van der Waals surface area contributed by atoms with Gasteiger partial charge in [0.05, 0.1) is 12.1 Å². The number of ether oxygens (including phenoxy) is 1. The summed E-state index contributed by atoms with van der Waals surface area (Å²) in [6.07, 6.45) is -8.02. The van der Waals surface area contributed by atoms with Gasteiger partial charge in [-0.2, -0.15) is 26.3 Å². The van der Waals surface area contributed by atoms with E-state index < -0.39 is 24.0 Å². The van der Waals surface area contributed by atoms with Crippen LogP contribution in [-0.4, -0.2) is 79.3 Å². The van der Waals surface area contributed by atoms with Crippen molar-refractivity contribution in [1.82, 2.24) is 20.1 Å². The molecule has 0 spiro atoms. The number of rotatable bonds is 5. The summed E-state index contributed by atoms with van der Waals surface area (Å²) in [4.78, 5) is 10.9. The number of piperazine rings is 1. The van der Waals surface area contributed by atoms with Gasteiger partial charge in [0, 0.05) is 45.5 Å². The van der Waals surface area contributed by atoms with Crippen LogP contribution in [0.2, 0.25) is 0 Å². The van der Waals surface area contributed by atoms with E-state index in [0.29, 0.717) is 31.8 Å². The molecule has 2 heterocycles. The predicted octanol–water partition coefficient (Wildman–Crippen LogP) is 2.62. The molecule has 0 radical (unpaired) electrons. The number of nitrogens with one attached hydrogen (secondary N) is 1. The van der Waals surface area contributed by atoms with Gasteiger partial charge in [-0.15, -0.1) is 0 Å². The minimum Gasteiger partial charge on any atom is -0.476 e. The first-order valence-electron chi connectivity index (χ1n) is 8.94. The fourth-order valence-corrected chi connectivity index (χ4v) is 2.81. The molecule has 12 heteroatoms. The van der Waals surface area contributed by atoms with E-state index in [1.165, 1.54) is 4.90 Å². The van der Waals surface area contributed by atoms with E-state index in [0.717, 1.165) is 19.1 Å². The van der Waals surface area contributed by atoms with Crippen LogP contribution in [0.3, 0.4) is 0 Å². The highest BCUT2D eigenvalue weighted by Gasteiger charge is 2.41. The molecule has 29 heavy (non-hydrogen) atoms. The number of hydrogen-bond donors (Lipinski definition) is 1. The Kier molecular flexibility index (Phi) is 7.55. The minimum absolute atomic E-state index is 0.0598. The summed E-state index contributed by atoms with van der Waals surface area (Å²) in [7, 11) is 1.56. The normalized spacial score (nSPS) is 17.9. The zero-order valence-corrected chi connectivity index (χ0v) is 16.0. The molecule has 2 rings (SSSR count). The van der Waals surface area contributed by atoms with Gasteiger partial charge in [-0.25, -0.2) is 4.98 Å². The van der Waals surface area contributed by atoms with E-state index >= 15 is 0 Å². The Morgan fingerprint density at radius 1 is 1.17 bits per heavy atom. The van der Waals surface area contributed by atoms with Crippen LogP contribution in [0.4, 0.5) is 26.3 Å². The van der Waals surface area contributed by atoms with Crippen molar-refractivity contribution in [3.05, 3.63) is 23.9 Å². The quantitative estimate of drug-likeness (QED) is 0.339. The molecule has 1 atom stereocenters. The smallest absolute Gasteiger partial charge is 0.417 e. The lowest BCUT2D eigenvalue weighted by atomic mass is 10.2. The van der Waals surface area contributed by atoms with Crippen molar-refractivity contribution in [2.45, 2.75) is 25.3 Å². The highest BCUT2D eigenvalue weighted by molar-refractivity contribution is 5.80. The molecule has 0 aliphatic carbocycles. The van der Waals surface area contributed by atoms with Crippen molar-refractivity contribution in [3.8, 4) is 5.88 Å². The van der Waals surface area contributed by atoms with Crippen LogP contribution in [0.5, 0.6) is 5.88 Å². The Morgan fingerprint density at radius 3 is 2.31 bits per heavy atom. The predicted molar refractivity (Wildman–Crippen MR) is 94.8 cm³/mol. The van der Waals surface area contributed by atoms with Crippen LogP contribution >= 0.6 is 0 Å². The largest absolute Gasteiger partial charge is 0.476 e. The Bertz CT molecular complexity index is 668. The van der Waals surface area contributed by atoms with Gasteiger partial charge in [0.15, 0.2) is 5.96 Å². The number of aliphatic imine (C=N–C) groups is 1. The molecule has 0 aromatic carbocycles. The SMILES string of the molecule is CN=C(NCCOc1ccc(C(F)(F)F)cn1)N1CCN(C(C)C(F)(F)F)CC1. The molecule has 1 N–H and O–H groups in total. The molecule has 6 nitrogen and oxygen atoms in total. The molecule has 1 aromatic heterocycles. The molecule has 1 saturated heterocycles. The van der Waals surface area contributed by atoms with Gasteiger partial charge in [0.25, 0.3) is 0 Å². The molecule has 1 aliphatic rings. The summed E-state index contributed by atoms with van der Waals surface area (Å²) < 4.78 is 81.2. The molecular weight excluding hydrogens is 404 g/mol. The van der Waals surface area contributed by atoms with Crippen molar-refractivity contribution < 1.29 is 31.1 Å². The number of hydrogen-bond acceptors (Lipinski definition) is 4. The molecular formula is C17H23F6N5O. The highest BCUT2D eigenvalue weighted by Crippen LogP contribution is 2.29. The van der Waals surface area contributed by atoms with Gasteiger partial charge in [-0.05, 0) is 13.0 Å². The standard InChI is InChI=1S/C17H23F6N5O/c1-12(16(18,19)20)27-6-8-28(9-7-27)15(24-2)25-5-10-29-14-4-3-13(11-26-14)17(21,22)23/h3-4,11-12H,5-10H2,1-2H3,(H,24,25).